The van der Waals surface area contributed by atoms with Crippen LogP contribution in [0.3, 0.4) is 0 Å². The van der Waals surface area contributed by atoms with Gasteiger partial charge >= 0.3 is 0 Å². The van der Waals surface area contributed by atoms with Gasteiger partial charge in [0.1, 0.15) is 10.9 Å². The average Bonchev–Trinajstić information content (AvgIpc) is 2.67. The fraction of sp³-hybridized carbons (Fsp3) is 0.333. The van der Waals surface area contributed by atoms with Gasteiger partial charge in [-0.05, 0) is 22.4 Å². The molecule has 0 saturated heterocycles. The highest BCUT2D eigenvalue weighted by Crippen LogP contribution is 2.24. The number of hydrogen-bond donors (Lipinski definition) is 0. The normalized spacial score (nSPS) is 10.5. The zero-order chi connectivity index (χ0) is 10.7. The second kappa shape index (κ2) is 4.48. The van der Waals surface area contributed by atoms with E-state index < -0.39 is 0 Å². The minimum absolute atomic E-state index is 0.761. The lowest BCUT2D eigenvalue weighted by Crippen LogP contribution is -2.02. The second-order valence-electron chi connectivity index (χ2n) is 3.07. The highest BCUT2D eigenvalue weighted by molar-refractivity contribution is 9.10. The summed E-state index contributed by atoms with van der Waals surface area (Å²) in [7, 11) is 0. The summed E-state index contributed by atoms with van der Waals surface area (Å²) in [6, 6.07) is 0. The van der Waals surface area contributed by atoms with Gasteiger partial charge in [-0.25, -0.2) is 14.6 Å². The van der Waals surface area contributed by atoms with Crippen LogP contribution in [0.4, 0.5) is 0 Å². The lowest BCUT2D eigenvalue weighted by molar-refractivity contribution is 0.584. The van der Waals surface area contributed by atoms with Crippen molar-refractivity contribution in [3.63, 3.8) is 0 Å². The predicted octanol–water partition coefficient (Wildman–Crippen LogP) is 1.91. The van der Waals surface area contributed by atoms with Crippen molar-refractivity contribution in [2.75, 3.05) is 0 Å². The van der Waals surface area contributed by atoms with Crippen molar-refractivity contribution >= 4 is 15.9 Å². The van der Waals surface area contributed by atoms with Crippen molar-refractivity contribution < 1.29 is 0 Å². The minimum Gasteiger partial charge on any atom is -0.245 e. The molecule has 0 bridgehead atoms. The van der Waals surface area contributed by atoms with Crippen molar-refractivity contribution in [1.29, 1.82) is 0 Å². The van der Waals surface area contributed by atoms with Crippen LogP contribution in [-0.2, 0) is 6.54 Å². The molecule has 0 aliphatic rings. The number of aryl methyl sites for hydroxylation is 1. The van der Waals surface area contributed by atoms with E-state index in [1.54, 1.807) is 12.4 Å². The molecule has 0 radical (unpaired) electrons. The second-order valence-corrected chi connectivity index (χ2v) is 3.82. The van der Waals surface area contributed by atoms with Gasteiger partial charge in [0.2, 0.25) is 0 Å². The minimum atomic E-state index is 0.761. The van der Waals surface area contributed by atoms with E-state index in [1.165, 1.54) is 6.33 Å². The maximum Gasteiger partial charge on any atom is 0.118 e. The summed E-state index contributed by atoms with van der Waals surface area (Å²) in [6.45, 7) is 2.94. The van der Waals surface area contributed by atoms with Crippen molar-refractivity contribution in [2.24, 2.45) is 0 Å². The zero-order valence-corrected chi connectivity index (χ0v) is 9.85. The first-order chi connectivity index (χ1) is 7.33. The highest BCUT2D eigenvalue weighted by atomic mass is 79.9. The van der Waals surface area contributed by atoms with Crippen molar-refractivity contribution in [2.45, 2.75) is 19.9 Å². The standard InChI is InChI=1S/C9H10BrN5/c1-2-3-15-8(5-13-14-15)7-4-11-6-12-9(7)10/h4-6H,2-3H2,1H3. The molecule has 0 atom stereocenters. The van der Waals surface area contributed by atoms with Crippen LogP contribution in [0.1, 0.15) is 13.3 Å². The Bertz CT molecular complexity index is 453. The Kier molecular flexibility index (Phi) is 3.05. The first-order valence-corrected chi connectivity index (χ1v) is 5.46. The van der Waals surface area contributed by atoms with Crippen LogP contribution in [0.5, 0.6) is 0 Å². The van der Waals surface area contributed by atoms with Gasteiger partial charge in [-0.15, -0.1) is 5.10 Å². The molecule has 0 aliphatic carbocycles. The quantitative estimate of drug-likeness (QED) is 0.798. The van der Waals surface area contributed by atoms with Gasteiger partial charge in [0.05, 0.1) is 17.5 Å². The molecule has 78 valence electrons. The van der Waals surface area contributed by atoms with E-state index in [9.17, 15) is 0 Å². The molecule has 6 heteroatoms. The van der Waals surface area contributed by atoms with Crippen LogP contribution >= 0.6 is 15.9 Å². The summed E-state index contributed by atoms with van der Waals surface area (Å²) >= 11 is 3.38. The summed E-state index contributed by atoms with van der Waals surface area (Å²) < 4.78 is 2.61. The SMILES string of the molecule is CCCn1nncc1-c1cncnc1Br. The fourth-order valence-corrected chi connectivity index (χ4v) is 1.73. The Morgan fingerprint density at radius 2 is 2.27 bits per heavy atom. The average molecular weight is 268 g/mol. The summed E-state index contributed by atoms with van der Waals surface area (Å²) in [5, 5.41) is 7.91. The van der Waals surface area contributed by atoms with Gasteiger partial charge in [0.25, 0.3) is 0 Å². The molecule has 0 fully saturated rings. The van der Waals surface area contributed by atoms with Gasteiger partial charge < -0.3 is 0 Å². The van der Waals surface area contributed by atoms with Crippen LogP contribution in [0.15, 0.2) is 23.3 Å². The molecule has 2 aromatic heterocycles. The van der Waals surface area contributed by atoms with Crippen LogP contribution < -0.4 is 0 Å². The van der Waals surface area contributed by atoms with Gasteiger partial charge in [-0.2, -0.15) is 0 Å². The van der Waals surface area contributed by atoms with Gasteiger partial charge in [0, 0.05) is 12.7 Å². The van der Waals surface area contributed by atoms with Gasteiger partial charge in [-0.3, -0.25) is 0 Å². The first-order valence-electron chi connectivity index (χ1n) is 4.67. The molecule has 2 aromatic rings. The maximum atomic E-state index is 4.07. The Balaban J connectivity index is 2.45. The van der Waals surface area contributed by atoms with E-state index >= 15 is 0 Å². The Labute approximate surface area is 95.7 Å². The lowest BCUT2D eigenvalue weighted by Gasteiger charge is -2.04. The van der Waals surface area contributed by atoms with Gasteiger partial charge in [0.15, 0.2) is 0 Å². The Morgan fingerprint density at radius 3 is 3.00 bits per heavy atom. The van der Waals surface area contributed by atoms with E-state index in [4.69, 9.17) is 0 Å². The van der Waals surface area contributed by atoms with E-state index in [1.807, 2.05) is 4.68 Å². The van der Waals surface area contributed by atoms with E-state index in [0.717, 1.165) is 28.8 Å². The molecule has 0 aromatic carbocycles. The third-order valence-electron chi connectivity index (χ3n) is 1.99. The molecule has 0 unspecified atom stereocenters. The molecule has 5 nitrogen and oxygen atoms in total. The number of hydrogen-bond acceptors (Lipinski definition) is 4. The lowest BCUT2D eigenvalue weighted by atomic mass is 10.2. The molecule has 2 rings (SSSR count). The van der Waals surface area contributed by atoms with E-state index in [-0.39, 0.29) is 0 Å². The van der Waals surface area contributed by atoms with Crippen molar-refractivity contribution in [3.8, 4) is 11.3 Å². The molecule has 0 N–H and O–H groups in total. The molecule has 0 saturated carbocycles. The molecule has 0 aliphatic heterocycles. The molecule has 2 heterocycles. The number of halogens is 1. The smallest absolute Gasteiger partial charge is 0.118 e. The van der Waals surface area contributed by atoms with Crippen LogP contribution in [0, 0.1) is 0 Å². The Hall–Kier alpha value is -1.30. The summed E-state index contributed by atoms with van der Waals surface area (Å²) in [4.78, 5) is 8.07. The van der Waals surface area contributed by atoms with E-state index in [2.05, 4.69) is 43.1 Å². The third-order valence-corrected chi connectivity index (χ3v) is 2.62. The maximum absolute atomic E-state index is 4.07. The van der Waals surface area contributed by atoms with Crippen LogP contribution in [-0.4, -0.2) is 25.0 Å². The van der Waals surface area contributed by atoms with Crippen molar-refractivity contribution in [1.82, 2.24) is 25.0 Å². The number of rotatable bonds is 3. The Morgan fingerprint density at radius 1 is 1.40 bits per heavy atom. The number of aromatic nitrogens is 5. The first kappa shape index (κ1) is 10.2. The highest BCUT2D eigenvalue weighted by Gasteiger charge is 2.10. The molecular weight excluding hydrogens is 258 g/mol. The van der Waals surface area contributed by atoms with Crippen LogP contribution in [0.2, 0.25) is 0 Å². The summed E-state index contributed by atoms with van der Waals surface area (Å²) in [5.74, 6) is 0. The zero-order valence-electron chi connectivity index (χ0n) is 8.26. The van der Waals surface area contributed by atoms with Gasteiger partial charge in [-0.1, -0.05) is 12.1 Å². The topological polar surface area (TPSA) is 56.5 Å². The molecule has 0 amide bonds. The van der Waals surface area contributed by atoms with E-state index in [0.29, 0.717) is 0 Å². The molecule has 0 spiro atoms. The molecular formula is C9H10BrN5. The summed E-state index contributed by atoms with van der Waals surface area (Å²) in [6.07, 6.45) is 5.99. The third kappa shape index (κ3) is 2.04. The fourth-order valence-electron chi connectivity index (χ4n) is 1.33. The largest absolute Gasteiger partial charge is 0.245 e. The van der Waals surface area contributed by atoms with Crippen molar-refractivity contribution in [3.05, 3.63) is 23.3 Å². The summed E-state index contributed by atoms with van der Waals surface area (Å²) in [5.41, 5.74) is 1.85. The number of nitrogens with zero attached hydrogens (tertiary/aromatic N) is 5. The van der Waals surface area contributed by atoms with Crippen LogP contribution in [0.25, 0.3) is 11.3 Å². The molecule has 15 heavy (non-hydrogen) atoms. The predicted molar refractivity (Wildman–Crippen MR) is 59.0 cm³/mol. The monoisotopic (exact) mass is 267 g/mol.